The third-order valence-corrected chi connectivity index (χ3v) is 4.81. The van der Waals surface area contributed by atoms with E-state index < -0.39 is 12.5 Å². The summed E-state index contributed by atoms with van der Waals surface area (Å²) in [4.78, 5) is 25.6. The Hall–Kier alpha value is -2.62. The van der Waals surface area contributed by atoms with E-state index in [1.54, 1.807) is 13.8 Å². The van der Waals surface area contributed by atoms with Crippen LogP contribution in [0.25, 0.3) is 10.2 Å². The highest BCUT2D eigenvalue weighted by molar-refractivity contribution is 7.20. The van der Waals surface area contributed by atoms with Crippen LogP contribution in [-0.2, 0) is 11.3 Å². The molecular weight excluding hydrogens is 352 g/mol. The van der Waals surface area contributed by atoms with Crippen LogP contribution in [0.1, 0.15) is 33.4 Å². The van der Waals surface area contributed by atoms with Gasteiger partial charge in [0, 0.05) is 12.4 Å². The molecule has 0 spiro atoms. The fourth-order valence-electron chi connectivity index (χ4n) is 2.48. The van der Waals surface area contributed by atoms with Gasteiger partial charge in [-0.15, -0.1) is 11.3 Å². The molecule has 1 N–H and O–H groups in total. The summed E-state index contributed by atoms with van der Waals surface area (Å²) in [5.41, 5.74) is 0.687. The molecule has 0 fully saturated rings. The molecule has 0 amide bonds. The molecule has 0 aliphatic heterocycles. The number of hydrogen-bond acceptors (Lipinski definition) is 7. The van der Waals surface area contributed by atoms with Crippen LogP contribution >= 0.6 is 11.3 Å². The van der Waals surface area contributed by atoms with Crippen molar-refractivity contribution in [2.24, 2.45) is 0 Å². The van der Waals surface area contributed by atoms with E-state index in [9.17, 15) is 13.6 Å². The number of aromatic nitrogens is 4. The molecule has 3 heterocycles. The van der Waals surface area contributed by atoms with E-state index in [1.807, 2.05) is 0 Å². The molecule has 0 unspecified atom stereocenters. The molecule has 0 aromatic carbocycles. The maximum Gasteiger partial charge on any atom is 0.348 e. The number of halogens is 2. The number of hydrogen-bond donors (Lipinski definition) is 1. The van der Waals surface area contributed by atoms with E-state index in [1.165, 1.54) is 30.8 Å². The summed E-state index contributed by atoms with van der Waals surface area (Å²) in [5.74, 6) is 0.706. The number of nitrogens with zero attached hydrogens (tertiary/aromatic N) is 4. The first-order valence-corrected chi connectivity index (χ1v) is 8.13. The lowest BCUT2D eigenvalue weighted by atomic mass is 10.2. The zero-order valence-corrected chi connectivity index (χ0v) is 14.5. The van der Waals surface area contributed by atoms with Gasteiger partial charge in [-0.2, -0.15) is 8.78 Å². The van der Waals surface area contributed by atoms with Crippen LogP contribution in [0.15, 0.2) is 12.4 Å². The van der Waals surface area contributed by atoms with Crippen molar-refractivity contribution in [1.82, 2.24) is 19.5 Å². The molecule has 0 radical (unpaired) electrons. The average molecular weight is 367 g/mol. The number of aryl methyl sites for hydroxylation is 2. The number of imidazole rings is 1. The predicted octanol–water partition coefficient (Wildman–Crippen LogP) is 3.30. The zero-order chi connectivity index (χ0) is 18.1. The van der Waals surface area contributed by atoms with E-state index in [4.69, 9.17) is 4.74 Å². The number of carbonyl (C=O) groups excluding carboxylic acids is 1. The number of ether oxygens (including phenoxy) is 1. The van der Waals surface area contributed by atoms with Gasteiger partial charge in [-0.05, 0) is 19.4 Å². The fraction of sp³-hybridized carbons (Fsp3) is 0.333. The van der Waals surface area contributed by atoms with Crippen molar-refractivity contribution in [2.75, 3.05) is 12.4 Å². The molecule has 0 aliphatic rings. The molecule has 25 heavy (non-hydrogen) atoms. The predicted molar refractivity (Wildman–Crippen MR) is 89.0 cm³/mol. The summed E-state index contributed by atoms with van der Waals surface area (Å²) in [6, 6.07) is 0. The van der Waals surface area contributed by atoms with Crippen LogP contribution in [0.5, 0.6) is 0 Å². The first-order valence-electron chi connectivity index (χ1n) is 7.32. The number of carbonyl (C=O) groups is 1. The lowest BCUT2D eigenvalue weighted by Crippen LogP contribution is -2.10. The molecule has 10 heteroatoms. The smallest absolute Gasteiger partial charge is 0.348 e. The summed E-state index contributed by atoms with van der Waals surface area (Å²) in [5, 5.41) is 3.70. The topological polar surface area (TPSA) is 81.9 Å². The Kier molecular flexibility index (Phi) is 4.62. The molecule has 0 saturated carbocycles. The molecule has 7 nitrogen and oxygen atoms in total. The van der Waals surface area contributed by atoms with Gasteiger partial charge in [0.15, 0.2) is 0 Å². The number of nitrogens with one attached hydrogen (secondary N) is 1. The van der Waals surface area contributed by atoms with Gasteiger partial charge in [0.25, 0.3) is 0 Å². The number of methoxy groups -OCH3 is 1. The Morgan fingerprint density at radius 3 is 2.84 bits per heavy atom. The molecule has 0 bridgehead atoms. The lowest BCUT2D eigenvalue weighted by molar-refractivity contribution is 0.0605. The maximum atomic E-state index is 12.9. The Bertz CT molecular complexity index is 938. The van der Waals surface area contributed by atoms with Crippen molar-refractivity contribution in [3.05, 3.63) is 34.5 Å². The van der Waals surface area contributed by atoms with E-state index in [-0.39, 0.29) is 12.4 Å². The van der Waals surface area contributed by atoms with Crippen LogP contribution < -0.4 is 5.32 Å². The molecule has 0 saturated heterocycles. The molecule has 3 aromatic rings. The summed E-state index contributed by atoms with van der Waals surface area (Å²) in [6.07, 6.45) is 2.53. The van der Waals surface area contributed by atoms with Crippen molar-refractivity contribution >= 4 is 33.3 Å². The highest BCUT2D eigenvalue weighted by Gasteiger charge is 2.21. The average Bonchev–Trinajstić information content (AvgIpc) is 3.16. The minimum absolute atomic E-state index is 0.0612. The second kappa shape index (κ2) is 6.71. The highest BCUT2D eigenvalue weighted by atomic mass is 32.1. The summed E-state index contributed by atoms with van der Waals surface area (Å²) >= 11 is 1.21. The Balaban J connectivity index is 1.99. The zero-order valence-electron chi connectivity index (χ0n) is 13.7. The Morgan fingerprint density at radius 1 is 1.40 bits per heavy atom. The third kappa shape index (κ3) is 3.16. The van der Waals surface area contributed by atoms with Crippen molar-refractivity contribution in [3.63, 3.8) is 0 Å². The molecule has 0 atom stereocenters. The number of anilines is 1. The van der Waals surface area contributed by atoms with Crippen LogP contribution in [0.2, 0.25) is 0 Å². The van der Waals surface area contributed by atoms with Crippen molar-refractivity contribution in [2.45, 2.75) is 26.9 Å². The number of esters is 1. The van der Waals surface area contributed by atoms with Gasteiger partial charge in [0.1, 0.15) is 27.2 Å². The maximum absolute atomic E-state index is 12.9. The highest BCUT2D eigenvalue weighted by Crippen LogP contribution is 2.34. The summed E-state index contributed by atoms with van der Waals surface area (Å²) in [7, 11) is 1.31. The minimum atomic E-state index is -2.67. The van der Waals surface area contributed by atoms with Crippen molar-refractivity contribution < 1.29 is 18.3 Å². The van der Waals surface area contributed by atoms with E-state index >= 15 is 0 Å². The largest absolute Gasteiger partial charge is 0.465 e. The van der Waals surface area contributed by atoms with Gasteiger partial charge in [-0.25, -0.2) is 19.7 Å². The van der Waals surface area contributed by atoms with E-state index in [0.717, 1.165) is 4.57 Å². The summed E-state index contributed by atoms with van der Waals surface area (Å²) in [6.45, 7) is 0.888. The van der Waals surface area contributed by atoms with Gasteiger partial charge in [-0.1, -0.05) is 0 Å². The molecular formula is C15H15F2N5O2S. The second-order valence-electron chi connectivity index (χ2n) is 5.23. The van der Waals surface area contributed by atoms with Crippen LogP contribution in [0.3, 0.4) is 0 Å². The quantitative estimate of drug-likeness (QED) is 0.697. The SMILES string of the molecule is COC(=O)c1sc2nc(C)nc(NCc3nccn3C(F)F)c2c1C. The van der Waals surface area contributed by atoms with Crippen molar-refractivity contribution in [3.8, 4) is 0 Å². The third-order valence-electron chi connectivity index (χ3n) is 3.65. The lowest BCUT2D eigenvalue weighted by Gasteiger charge is -2.10. The standard InChI is InChI=1S/C15H15F2N5O2S/c1-7-10-12(19-6-9-18-4-5-22(9)15(16)17)20-8(2)21-13(10)25-11(7)14(23)24-3/h4-5,15H,6H2,1-3H3,(H,19,20,21). The second-order valence-corrected chi connectivity index (χ2v) is 6.23. The monoisotopic (exact) mass is 367 g/mol. The number of rotatable bonds is 5. The van der Waals surface area contributed by atoms with Crippen molar-refractivity contribution in [1.29, 1.82) is 0 Å². The first kappa shape index (κ1) is 17.2. The van der Waals surface area contributed by atoms with E-state index in [0.29, 0.717) is 32.3 Å². The number of fused-ring (bicyclic) bond motifs is 1. The van der Waals surface area contributed by atoms with Gasteiger partial charge in [0.05, 0.1) is 19.0 Å². The van der Waals surface area contributed by atoms with Crippen LogP contribution in [0.4, 0.5) is 14.6 Å². The Morgan fingerprint density at radius 2 is 2.16 bits per heavy atom. The molecule has 3 rings (SSSR count). The van der Waals surface area contributed by atoms with Gasteiger partial charge in [-0.3, -0.25) is 4.57 Å². The summed E-state index contributed by atoms with van der Waals surface area (Å²) < 4.78 is 31.4. The van der Waals surface area contributed by atoms with Crippen LogP contribution in [-0.4, -0.2) is 32.6 Å². The molecule has 0 aliphatic carbocycles. The number of thiophene rings is 1. The van der Waals surface area contributed by atoms with Gasteiger partial charge >= 0.3 is 12.5 Å². The Labute approximate surface area is 145 Å². The normalized spacial score (nSPS) is 11.3. The number of alkyl halides is 2. The minimum Gasteiger partial charge on any atom is -0.465 e. The molecule has 3 aromatic heterocycles. The van der Waals surface area contributed by atoms with Crippen LogP contribution in [0, 0.1) is 13.8 Å². The van der Waals surface area contributed by atoms with Gasteiger partial charge in [0.2, 0.25) is 0 Å². The van der Waals surface area contributed by atoms with E-state index in [2.05, 4.69) is 20.3 Å². The first-order chi connectivity index (χ1) is 11.9. The molecule has 132 valence electrons. The fourth-order valence-corrected chi connectivity index (χ4v) is 3.63. The van der Waals surface area contributed by atoms with Gasteiger partial charge < -0.3 is 10.1 Å².